The minimum Gasteiger partial charge on any atom is -0.507 e. The molecule has 0 saturated heterocycles. The molecule has 2 N–H and O–H groups in total. The highest BCUT2D eigenvalue weighted by molar-refractivity contribution is 5.98. The smallest absolute Gasteiger partial charge is 0.212 e. The quantitative estimate of drug-likeness (QED) is 0.724. The molecule has 0 radical (unpaired) electrons. The summed E-state index contributed by atoms with van der Waals surface area (Å²) in [6.45, 7) is 0.0224. The first-order valence-corrected chi connectivity index (χ1v) is 7.23. The van der Waals surface area contributed by atoms with Crippen LogP contribution in [0.3, 0.4) is 0 Å². The summed E-state index contributed by atoms with van der Waals surface area (Å²) >= 11 is 0. The van der Waals surface area contributed by atoms with Crippen molar-refractivity contribution < 1.29 is 24.5 Å². The summed E-state index contributed by atoms with van der Waals surface area (Å²) in [6.07, 6.45) is 2.45. The van der Waals surface area contributed by atoms with E-state index in [1.807, 2.05) is 6.07 Å². The number of ether oxygens (including phenoxy) is 2. The van der Waals surface area contributed by atoms with Crippen LogP contribution in [0.2, 0.25) is 0 Å². The average molecular weight is 317 g/mol. The number of methoxy groups -OCH3 is 1. The van der Waals surface area contributed by atoms with E-state index in [0.717, 1.165) is 5.56 Å². The molecule has 0 spiro atoms. The molecule has 1 aromatic carbocycles. The number of aliphatic hydroxyl groups is 1. The second-order valence-corrected chi connectivity index (χ2v) is 4.88. The summed E-state index contributed by atoms with van der Waals surface area (Å²) in [5, 5.41) is 18.6. The first kappa shape index (κ1) is 16.8. The normalized spacial score (nSPS) is 10.3. The standard InChI is InChI=1S/C17H19NO5/c1-22-17-7-3-12(11-18-17)2-6-15(20)14-5-4-13(10-16(14)21)23-9-8-19/h3-5,7,10-11,19,21H,2,6,8-9H2,1H3. The maximum Gasteiger partial charge on any atom is 0.212 e. The summed E-state index contributed by atoms with van der Waals surface area (Å²) in [4.78, 5) is 16.3. The minimum absolute atomic E-state index is 0.114. The molecular weight excluding hydrogens is 298 g/mol. The Morgan fingerprint density at radius 1 is 1.26 bits per heavy atom. The van der Waals surface area contributed by atoms with Crippen molar-refractivity contribution in [2.45, 2.75) is 12.8 Å². The lowest BCUT2D eigenvalue weighted by Gasteiger charge is -2.08. The van der Waals surface area contributed by atoms with E-state index in [0.29, 0.717) is 18.1 Å². The molecular formula is C17H19NO5. The molecule has 0 saturated carbocycles. The highest BCUT2D eigenvalue weighted by Gasteiger charge is 2.12. The van der Waals surface area contributed by atoms with Crippen LogP contribution in [0.4, 0.5) is 0 Å². The van der Waals surface area contributed by atoms with Crippen LogP contribution in [0.5, 0.6) is 17.4 Å². The molecule has 1 aromatic heterocycles. The van der Waals surface area contributed by atoms with Gasteiger partial charge in [-0.05, 0) is 24.1 Å². The predicted octanol–water partition coefficient (Wildman–Crippen LogP) is 1.98. The highest BCUT2D eigenvalue weighted by Crippen LogP contribution is 2.25. The van der Waals surface area contributed by atoms with E-state index >= 15 is 0 Å². The van der Waals surface area contributed by atoms with Crippen LogP contribution in [0.25, 0.3) is 0 Å². The van der Waals surface area contributed by atoms with Gasteiger partial charge in [-0.25, -0.2) is 4.98 Å². The maximum absolute atomic E-state index is 12.2. The fourth-order valence-corrected chi connectivity index (χ4v) is 2.07. The van der Waals surface area contributed by atoms with Crippen molar-refractivity contribution in [2.24, 2.45) is 0 Å². The van der Waals surface area contributed by atoms with Crippen LogP contribution >= 0.6 is 0 Å². The number of aromatic hydroxyl groups is 1. The van der Waals surface area contributed by atoms with E-state index in [1.54, 1.807) is 25.4 Å². The molecule has 6 heteroatoms. The predicted molar refractivity (Wildman–Crippen MR) is 84.1 cm³/mol. The fourth-order valence-electron chi connectivity index (χ4n) is 2.07. The molecule has 1 heterocycles. The number of aryl methyl sites for hydroxylation is 1. The lowest BCUT2D eigenvalue weighted by atomic mass is 10.0. The zero-order valence-electron chi connectivity index (χ0n) is 12.9. The third-order valence-corrected chi connectivity index (χ3v) is 3.28. The zero-order chi connectivity index (χ0) is 16.7. The van der Waals surface area contributed by atoms with Crippen molar-refractivity contribution in [3.8, 4) is 17.4 Å². The first-order valence-electron chi connectivity index (χ1n) is 7.23. The van der Waals surface area contributed by atoms with Gasteiger partial charge in [-0.15, -0.1) is 0 Å². The van der Waals surface area contributed by atoms with Crippen LogP contribution in [-0.4, -0.2) is 41.3 Å². The van der Waals surface area contributed by atoms with Gasteiger partial charge in [0.15, 0.2) is 5.78 Å². The Morgan fingerprint density at radius 2 is 2.09 bits per heavy atom. The molecule has 23 heavy (non-hydrogen) atoms. The summed E-state index contributed by atoms with van der Waals surface area (Å²) in [6, 6.07) is 8.08. The molecule has 122 valence electrons. The van der Waals surface area contributed by atoms with Gasteiger partial charge >= 0.3 is 0 Å². The largest absolute Gasteiger partial charge is 0.507 e. The molecule has 0 fully saturated rings. The van der Waals surface area contributed by atoms with E-state index in [2.05, 4.69) is 4.98 Å². The second kappa shape index (κ2) is 8.14. The molecule has 6 nitrogen and oxygen atoms in total. The Balaban J connectivity index is 1.96. The van der Waals surface area contributed by atoms with Crippen LogP contribution in [-0.2, 0) is 6.42 Å². The van der Waals surface area contributed by atoms with E-state index in [-0.39, 0.29) is 36.7 Å². The highest BCUT2D eigenvalue weighted by atomic mass is 16.5. The number of pyridine rings is 1. The lowest BCUT2D eigenvalue weighted by molar-refractivity contribution is 0.0980. The summed E-state index contributed by atoms with van der Waals surface area (Å²) < 4.78 is 10.2. The molecule has 0 bridgehead atoms. The number of aromatic nitrogens is 1. The van der Waals surface area contributed by atoms with Gasteiger partial charge in [0.2, 0.25) is 5.88 Å². The van der Waals surface area contributed by atoms with E-state index in [4.69, 9.17) is 14.6 Å². The number of carbonyl (C=O) groups is 1. The first-order chi connectivity index (χ1) is 11.1. The number of hydrogen-bond acceptors (Lipinski definition) is 6. The number of carbonyl (C=O) groups excluding carboxylic acids is 1. The van der Waals surface area contributed by atoms with Gasteiger partial charge in [-0.3, -0.25) is 4.79 Å². The Morgan fingerprint density at radius 3 is 2.70 bits per heavy atom. The van der Waals surface area contributed by atoms with Crippen molar-refractivity contribution in [2.75, 3.05) is 20.3 Å². The molecule has 0 amide bonds. The Hall–Kier alpha value is -2.60. The van der Waals surface area contributed by atoms with Gasteiger partial charge in [-0.1, -0.05) is 6.07 Å². The van der Waals surface area contributed by atoms with Crippen LogP contribution < -0.4 is 9.47 Å². The van der Waals surface area contributed by atoms with Crippen molar-refractivity contribution in [3.05, 3.63) is 47.7 Å². The minimum atomic E-state index is -0.160. The van der Waals surface area contributed by atoms with Gasteiger partial charge in [0.05, 0.1) is 19.3 Å². The number of rotatable bonds is 8. The number of aliphatic hydroxyl groups excluding tert-OH is 1. The van der Waals surface area contributed by atoms with E-state index in [9.17, 15) is 9.90 Å². The van der Waals surface area contributed by atoms with E-state index < -0.39 is 0 Å². The molecule has 0 aliphatic heterocycles. The Bertz CT molecular complexity index is 655. The summed E-state index contributed by atoms with van der Waals surface area (Å²) in [7, 11) is 1.54. The molecule has 0 atom stereocenters. The maximum atomic E-state index is 12.2. The average Bonchev–Trinajstić information content (AvgIpc) is 2.58. The summed E-state index contributed by atoms with van der Waals surface area (Å²) in [5.41, 5.74) is 1.17. The number of benzene rings is 1. The van der Waals surface area contributed by atoms with Crippen molar-refractivity contribution in [1.82, 2.24) is 4.98 Å². The van der Waals surface area contributed by atoms with Gasteiger partial charge in [-0.2, -0.15) is 0 Å². The Labute approximate surface area is 134 Å². The van der Waals surface area contributed by atoms with Gasteiger partial charge in [0.25, 0.3) is 0 Å². The zero-order valence-corrected chi connectivity index (χ0v) is 12.9. The van der Waals surface area contributed by atoms with Crippen molar-refractivity contribution in [3.63, 3.8) is 0 Å². The Kier molecular flexibility index (Phi) is 5.94. The molecule has 0 unspecified atom stereocenters. The van der Waals surface area contributed by atoms with E-state index in [1.165, 1.54) is 12.1 Å². The molecule has 0 aliphatic carbocycles. The monoisotopic (exact) mass is 317 g/mol. The number of Topliss-reactive ketones (excluding diaryl/α,β-unsaturated/α-hetero) is 1. The van der Waals surface area contributed by atoms with Crippen LogP contribution in [0.1, 0.15) is 22.3 Å². The fraction of sp³-hybridized carbons (Fsp3) is 0.294. The molecule has 2 rings (SSSR count). The summed E-state index contributed by atoms with van der Waals surface area (Å²) in [5.74, 6) is 0.647. The molecule has 2 aromatic rings. The van der Waals surface area contributed by atoms with Crippen LogP contribution in [0, 0.1) is 0 Å². The van der Waals surface area contributed by atoms with Crippen molar-refractivity contribution >= 4 is 5.78 Å². The van der Waals surface area contributed by atoms with Gasteiger partial charge in [0.1, 0.15) is 18.1 Å². The SMILES string of the molecule is COc1ccc(CCC(=O)c2ccc(OCCO)cc2O)cn1. The van der Waals surface area contributed by atoms with Gasteiger partial charge in [0, 0.05) is 24.8 Å². The number of hydrogen-bond donors (Lipinski definition) is 2. The number of phenolic OH excluding ortho intramolecular Hbond substituents is 1. The third kappa shape index (κ3) is 4.69. The van der Waals surface area contributed by atoms with Crippen LogP contribution in [0.15, 0.2) is 36.5 Å². The topological polar surface area (TPSA) is 88.9 Å². The number of ketones is 1. The van der Waals surface area contributed by atoms with Crippen molar-refractivity contribution in [1.29, 1.82) is 0 Å². The number of nitrogens with zero attached hydrogens (tertiary/aromatic N) is 1. The molecule has 0 aliphatic rings. The second-order valence-electron chi connectivity index (χ2n) is 4.88. The third-order valence-electron chi connectivity index (χ3n) is 3.28. The van der Waals surface area contributed by atoms with Gasteiger partial charge < -0.3 is 19.7 Å². The number of phenols is 1. The lowest BCUT2D eigenvalue weighted by Crippen LogP contribution is -2.04.